The van der Waals surface area contributed by atoms with Crippen molar-refractivity contribution in [2.75, 3.05) is 5.32 Å². The molecule has 9 heteroatoms. The van der Waals surface area contributed by atoms with Crippen molar-refractivity contribution in [2.24, 2.45) is 25.0 Å². The molecule has 6 aromatic rings. The maximum Gasteiger partial charge on any atom is 2.00 e. The van der Waals surface area contributed by atoms with Gasteiger partial charge >= 0.3 is 19.5 Å². The van der Waals surface area contributed by atoms with E-state index in [1.54, 1.807) is 0 Å². The molecule has 1 atom stereocenters. The second kappa shape index (κ2) is 13.0. The predicted octanol–water partition coefficient (Wildman–Crippen LogP) is 9.50. The number of nitrogens with one attached hydrogen (secondary N) is 1. The molecule has 0 saturated heterocycles. The molecule has 0 saturated carbocycles. The number of hydrogen-bond acceptors (Lipinski definition) is 6. The maximum absolute atomic E-state index is 5.45. The van der Waals surface area contributed by atoms with Crippen molar-refractivity contribution in [3.63, 3.8) is 0 Å². The van der Waals surface area contributed by atoms with Gasteiger partial charge in [-0.3, -0.25) is 4.99 Å². The van der Waals surface area contributed by atoms with Crippen molar-refractivity contribution >= 4 is 50.7 Å². The van der Waals surface area contributed by atoms with Crippen LogP contribution in [0.1, 0.15) is 117 Å². The van der Waals surface area contributed by atoms with Gasteiger partial charge in [-0.2, -0.15) is 0 Å². The van der Waals surface area contributed by atoms with Crippen LogP contribution in [0.15, 0.2) is 25.0 Å². The topological polar surface area (TPSA) is 102 Å². The summed E-state index contributed by atoms with van der Waals surface area (Å²) in [7, 11) is 0. The minimum absolute atomic E-state index is 0. The number of aliphatic imine (C=N–C) groups is 3. The normalized spacial score (nSPS) is 16.4. The average Bonchev–Trinajstić information content (AvgIpc) is 3.92. The van der Waals surface area contributed by atoms with Gasteiger partial charge in [0.05, 0.1) is 17.5 Å². The number of rotatable bonds is 0. The fourth-order valence-corrected chi connectivity index (χ4v) is 9.62. The Bertz CT molecular complexity index is 3110. The Hall–Kier alpha value is -5.01. The number of aromatic nitrogens is 2. The molecule has 1 N–H and O–H groups in total. The van der Waals surface area contributed by atoms with Gasteiger partial charge in [-0.1, -0.05) is 0 Å². The zero-order valence-corrected chi connectivity index (χ0v) is 39.4. The summed E-state index contributed by atoms with van der Waals surface area (Å²) >= 11 is 0. The third kappa shape index (κ3) is 5.10. The third-order valence-corrected chi connectivity index (χ3v) is 14.5. The van der Waals surface area contributed by atoms with E-state index in [1.807, 2.05) is 0 Å². The first kappa shape index (κ1) is 38.8. The van der Waals surface area contributed by atoms with Crippen molar-refractivity contribution in [2.45, 2.75) is 117 Å². The van der Waals surface area contributed by atoms with Gasteiger partial charge in [0, 0.05) is 39.3 Å². The minimum Gasteiger partial charge on any atom is -0.416 e. The summed E-state index contributed by atoms with van der Waals surface area (Å²) in [6.45, 7) is 35.1. The van der Waals surface area contributed by atoms with Crippen LogP contribution < -0.4 is 26.3 Å². The van der Waals surface area contributed by atoms with Crippen LogP contribution in [0.5, 0.6) is 0 Å². The van der Waals surface area contributed by atoms with Gasteiger partial charge in [0.25, 0.3) is 0 Å². The molecule has 0 amide bonds. The Kier molecular flexibility index (Phi) is 8.86. The van der Waals surface area contributed by atoms with Crippen LogP contribution in [0.2, 0.25) is 0 Å². The van der Waals surface area contributed by atoms with Crippen molar-refractivity contribution in [1.29, 1.82) is 0 Å². The quantitative estimate of drug-likeness (QED) is 0.155. The van der Waals surface area contributed by atoms with Gasteiger partial charge in [0.1, 0.15) is 6.17 Å². The summed E-state index contributed by atoms with van der Waals surface area (Å²) in [5.74, 6) is 3.33. The van der Waals surface area contributed by atoms with Crippen molar-refractivity contribution in [3.05, 3.63) is 122 Å². The Morgan fingerprint density at radius 2 is 0.772 bits per heavy atom. The number of anilines is 1. The summed E-state index contributed by atoms with van der Waals surface area (Å²) in [5.41, 5.74) is 24.7. The first-order valence-corrected chi connectivity index (χ1v) is 19.7. The van der Waals surface area contributed by atoms with E-state index in [-0.39, 0.29) is 19.5 Å². The van der Waals surface area contributed by atoms with E-state index in [2.05, 4.69) is 116 Å². The van der Waals surface area contributed by atoms with E-state index in [9.17, 15) is 0 Å². The molecule has 3 aliphatic rings. The van der Waals surface area contributed by atoms with E-state index in [0.717, 1.165) is 71.9 Å². The summed E-state index contributed by atoms with van der Waals surface area (Å²) in [5, 5.41) is 8.00. The number of fused-ring (bicyclic) bond motifs is 18. The molecule has 0 spiro atoms. The minimum atomic E-state index is -0.417. The molecule has 4 aromatic carbocycles. The summed E-state index contributed by atoms with van der Waals surface area (Å²) < 4.78 is 0. The first-order chi connectivity index (χ1) is 26.4. The fourth-order valence-electron chi connectivity index (χ4n) is 9.62. The van der Waals surface area contributed by atoms with Gasteiger partial charge in [0.15, 0.2) is 0 Å². The van der Waals surface area contributed by atoms with Gasteiger partial charge in [-0.05, 0) is 227 Å². The molecule has 3 aliphatic heterocycles. The first-order valence-electron chi connectivity index (χ1n) is 19.7. The van der Waals surface area contributed by atoms with Crippen LogP contribution in [0.25, 0.3) is 21.5 Å². The largest absolute Gasteiger partial charge is 2.00 e. The predicted molar refractivity (Wildman–Crippen MR) is 231 cm³/mol. The SMILES string of the molecule is Cc1c(C)c(C)c2c(c1C)C1=N/C2=N\c2[n-]c(c3c(C)c(C)c(C)c(C)c23)NC2N=C(N=c3[n-]c(c4c(C)c(C)c(C)c(C)c34)=N1)c1c(C)c(C)c(C)c(C)c12.[Zn+2]. The van der Waals surface area contributed by atoms with Crippen molar-refractivity contribution in [3.8, 4) is 0 Å². The number of amidine groups is 3. The smallest absolute Gasteiger partial charge is 0.416 e. The molecule has 0 radical (unpaired) electrons. The van der Waals surface area contributed by atoms with E-state index < -0.39 is 6.17 Å². The molecule has 2 aromatic heterocycles. The Balaban J connectivity index is 0.00000455. The van der Waals surface area contributed by atoms with Crippen molar-refractivity contribution < 1.29 is 19.5 Å². The van der Waals surface area contributed by atoms with E-state index >= 15 is 0 Å². The van der Waals surface area contributed by atoms with Crippen molar-refractivity contribution in [1.82, 2.24) is 9.97 Å². The second-order valence-electron chi connectivity index (χ2n) is 16.7. The van der Waals surface area contributed by atoms with E-state index in [0.29, 0.717) is 34.3 Å². The van der Waals surface area contributed by atoms with Gasteiger partial charge in [-0.15, -0.1) is 0 Å². The Labute approximate surface area is 348 Å². The number of hydrogen-bond donors (Lipinski definition) is 1. The van der Waals surface area contributed by atoms with Crippen LogP contribution >= 0.6 is 0 Å². The monoisotopic (exact) mass is 802 g/mol. The standard InChI is InChI=1S/C48H50N8.Zn/c1-17-18(2)26(10)34-33(25(17)9)41-49-42(34)54-44-37-29(13)21(5)22(6)30(14)38(37)46(51-44)56-48-40-32(16)24(8)23(7)31(15)39(40)47(52-48)55-45-36-28(12)20(4)19(3)27(11)35(36)43(50-45)53-41;/h41,53H,1-16H3;/q-2;+2. The van der Waals surface area contributed by atoms with E-state index in [4.69, 9.17) is 34.9 Å². The maximum atomic E-state index is 5.45. The molecule has 9 rings (SSSR count). The third-order valence-electron chi connectivity index (χ3n) is 14.5. The molecule has 57 heavy (non-hydrogen) atoms. The zero-order chi connectivity index (χ0) is 40.1. The molecule has 0 aliphatic carbocycles. The molecular formula is C48H50N8Zn. The molecule has 1 unspecified atom stereocenters. The molecule has 8 nitrogen and oxygen atoms in total. The Morgan fingerprint density at radius 3 is 1.30 bits per heavy atom. The molecule has 0 fully saturated rings. The molecule has 5 heterocycles. The van der Waals surface area contributed by atoms with Gasteiger partial charge in [0.2, 0.25) is 0 Å². The Morgan fingerprint density at radius 1 is 0.368 bits per heavy atom. The summed E-state index contributed by atoms with van der Waals surface area (Å²) in [6, 6.07) is 0. The fraction of sp³-hybridized carbons (Fsp3) is 0.354. The average molecular weight is 804 g/mol. The molecule has 8 bridgehead atoms. The van der Waals surface area contributed by atoms with Crippen LogP contribution in [-0.2, 0) is 19.5 Å². The number of benzene rings is 4. The van der Waals surface area contributed by atoms with Crippen LogP contribution in [0.4, 0.5) is 11.6 Å². The summed E-state index contributed by atoms with van der Waals surface area (Å²) in [4.78, 5) is 37.8. The van der Waals surface area contributed by atoms with Gasteiger partial charge < -0.3 is 30.3 Å². The zero-order valence-electron chi connectivity index (χ0n) is 36.4. The molecular weight excluding hydrogens is 754 g/mol. The number of aryl methyl sites for hydroxylation is 4. The van der Waals surface area contributed by atoms with Crippen LogP contribution in [0, 0.1) is 111 Å². The van der Waals surface area contributed by atoms with Crippen LogP contribution in [-0.4, -0.2) is 17.5 Å². The number of nitrogens with zero attached hydrogens (tertiary/aromatic N) is 7. The summed E-state index contributed by atoms with van der Waals surface area (Å²) in [6.07, 6.45) is -0.417. The van der Waals surface area contributed by atoms with E-state index in [1.165, 1.54) is 66.8 Å². The van der Waals surface area contributed by atoms with Crippen LogP contribution in [0.3, 0.4) is 0 Å². The molecule has 284 valence electrons. The van der Waals surface area contributed by atoms with Gasteiger partial charge in [-0.25, -0.2) is 4.99 Å². The second-order valence-corrected chi connectivity index (χ2v) is 16.7.